The third-order valence-electron chi connectivity index (χ3n) is 3.14. The number of piperidine rings is 1. The molecule has 0 aromatic heterocycles. The summed E-state index contributed by atoms with van der Waals surface area (Å²) in [5, 5.41) is 6.25. The number of benzene rings is 1. The van der Waals surface area contributed by atoms with E-state index in [4.69, 9.17) is 11.6 Å². The standard InChI is InChI=1S/C13H16ClFN2O/c1-8-6-10(4-5-16-8)17-13(18)9-2-3-12(15)11(14)7-9/h2-3,7-8,10,16H,4-6H2,1H3,(H,17,18). The van der Waals surface area contributed by atoms with E-state index in [2.05, 4.69) is 17.6 Å². The third kappa shape index (κ3) is 3.21. The molecule has 1 saturated heterocycles. The van der Waals surface area contributed by atoms with Gasteiger partial charge >= 0.3 is 0 Å². The van der Waals surface area contributed by atoms with Crippen molar-refractivity contribution in [2.24, 2.45) is 0 Å². The van der Waals surface area contributed by atoms with Gasteiger partial charge in [-0.3, -0.25) is 4.79 Å². The zero-order chi connectivity index (χ0) is 13.1. The molecule has 5 heteroatoms. The number of rotatable bonds is 2. The van der Waals surface area contributed by atoms with Crippen molar-refractivity contribution in [1.82, 2.24) is 10.6 Å². The molecule has 0 saturated carbocycles. The van der Waals surface area contributed by atoms with E-state index in [1.807, 2.05) is 0 Å². The van der Waals surface area contributed by atoms with Gasteiger partial charge in [0.05, 0.1) is 5.02 Å². The van der Waals surface area contributed by atoms with Crippen LogP contribution in [0.3, 0.4) is 0 Å². The number of amides is 1. The van der Waals surface area contributed by atoms with E-state index in [9.17, 15) is 9.18 Å². The van der Waals surface area contributed by atoms with Crippen LogP contribution in [0.25, 0.3) is 0 Å². The van der Waals surface area contributed by atoms with Gasteiger partial charge < -0.3 is 10.6 Å². The lowest BCUT2D eigenvalue weighted by molar-refractivity contribution is 0.0925. The number of hydrogen-bond acceptors (Lipinski definition) is 2. The van der Waals surface area contributed by atoms with Crippen LogP contribution in [0, 0.1) is 5.82 Å². The zero-order valence-corrected chi connectivity index (χ0v) is 10.9. The molecule has 1 heterocycles. The third-order valence-corrected chi connectivity index (χ3v) is 3.43. The SMILES string of the molecule is CC1CC(NC(=O)c2ccc(F)c(Cl)c2)CCN1. The van der Waals surface area contributed by atoms with Crippen molar-refractivity contribution >= 4 is 17.5 Å². The highest BCUT2D eigenvalue weighted by Gasteiger charge is 2.20. The van der Waals surface area contributed by atoms with Gasteiger partial charge in [0, 0.05) is 17.6 Å². The fourth-order valence-corrected chi connectivity index (χ4v) is 2.35. The van der Waals surface area contributed by atoms with Gasteiger partial charge in [0.15, 0.2) is 0 Å². The molecular weight excluding hydrogens is 255 g/mol. The van der Waals surface area contributed by atoms with Crippen LogP contribution in [-0.4, -0.2) is 24.5 Å². The van der Waals surface area contributed by atoms with Crippen LogP contribution >= 0.6 is 11.6 Å². The summed E-state index contributed by atoms with van der Waals surface area (Å²) >= 11 is 5.66. The second kappa shape index (κ2) is 5.67. The molecule has 3 nitrogen and oxygen atoms in total. The predicted octanol–water partition coefficient (Wildman–Crippen LogP) is 2.35. The highest BCUT2D eigenvalue weighted by Crippen LogP contribution is 2.16. The second-order valence-electron chi connectivity index (χ2n) is 4.68. The lowest BCUT2D eigenvalue weighted by atomic mass is 10.0. The molecule has 98 valence electrons. The minimum atomic E-state index is -0.510. The van der Waals surface area contributed by atoms with Gasteiger partial charge in [0.2, 0.25) is 0 Å². The van der Waals surface area contributed by atoms with Crippen LogP contribution < -0.4 is 10.6 Å². The Kier molecular flexibility index (Phi) is 4.19. The summed E-state index contributed by atoms with van der Waals surface area (Å²) in [6.07, 6.45) is 1.81. The topological polar surface area (TPSA) is 41.1 Å². The Morgan fingerprint density at radius 2 is 2.33 bits per heavy atom. The smallest absolute Gasteiger partial charge is 0.251 e. The molecular formula is C13H16ClFN2O. The molecule has 1 aliphatic heterocycles. The molecule has 0 spiro atoms. The summed E-state index contributed by atoms with van der Waals surface area (Å²) in [5.41, 5.74) is 0.396. The fourth-order valence-electron chi connectivity index (χ4n) is 2.17. The minimum Gasteiger partial charge on any atom is -0.349 e. The Labute approximate surface area is 111 Å². The largest absolute Gasteiger partial charge is 0.349 e. The van der Waals surface area contributed by atoms with E-state index >= 15 is 0 Å². The molecule has 2 atom stereocenters. The van der Waals surface area contributed by atoms with Crippen LogP contribution in [0.1, 0.15) is 30.1 Å². The lowest BCUT2D eigenvalue weighted by Crippen LogP contribution is -2.46. The molecule has 0 bridgehead atoms. The van der Waals surface area contributed by atoms with E-state index in [0.717, 1.165) is 19.4 Å². The van der Waals surface area contributed by atoms with Gasteiger partial charge in [0.1, 0.15) is 5.82 Å². The molecule has 2 rings (SSSR count). The average Bonchev–Trinajstić information content (AvgIpc) is 2.32. The molecule has 0 radical (unpaired) electrons. The Hall–Kier alpha value is -1.13. The van der Waals surface area contributed by atoms with Crippen molar-refractivity contribution in [1.29, 1.82) is 0 Å². The maximum absolute atomic E-state index is 13.0. The van der Waals surface area contributed by atoms with Crippen LogP contribution in [0.4, 0.5) is 4.39 Å². The van der Waals surface area contributed by atoms with Crippen LogP contribution in [0.5, 0.6) is 0 Å². The van der Waals surface area contributed by atoms with Crippen LogP contribution in [0.15, 0.2) is 18.2 Å². The molecule has 18 heavy (non-hydrogen) atoms. The summed E-state index contributed by atoms with van der Waals surface area (Å²) in [5.74, 6) is -0.709. The summed E-state index contributed by atoms with van der Waals surface area (Å²) in [7, 11) is 0. The van der Waals surface area contributed by atoms with E-state index in [-0.39, 0.29) is 17.0 Å². The first-order chi connectivity index (χ1) is 8.56. The van der Waals surface area contributed by atoms with Gasteiger partial charge in [-0.15, -0.1) is 0 Å². The van der Waals surface area contributed by atoms with E-state index in [1.165, 1.54) is 18.2 Å². The summed E-state index contributed by atoms with van der Waals surface area (Å²) in [6.45, 7) is 2.99. The maximum Gasteiger partial charge on any atom is 0.251 e. The van der Waals surface area contributed by atoms with Crippen molar-refractivity contribution in [2.75, 3.05) is 6.54 Å². The maximum atomic E-state index is 13.0. The number of halogens is 2. The van der Waals surface area contributed by atoms with Crippen molar-refractivity contribution in [3.63, 3.8) is 0 Å². The Morgan fingerprint density at radius 3 is 3.00 bits per heavy atom. The van der Waals surface area contributed by atoms with Gasteiger partial charge in [-0.1, -0.05) is 11.6 Å². The molecule has 1 amide bonds. The first-order valence-corrected chi connectivity index (χ1v) is 6.43. The first kappa shape index (κ1) is 13.3. The quantitative estimate of drug-likeness (QED) is 0.866. The van der Waals surface area contributed by atoms with E-state index in [1.54, 1.807) is 0 Å². The Morgan fingerprint density at radius 1 is 1.56 bits per heavy atom. The van der Waals surface area contributed by atoms with E-state index < -0.39 is 5.82 Å². The van der Waals surface area contributed by atoms with Crippen molar-refractivity contribution in [2.45, 2.75) is 31.8 Å². The highest BCUT2D eigenvalue weighted by molar-refractivity contribution is 6.31. The van der Waals surface area contributed by atoms with Crippen LogP contribution in [0.2, 0.25) is 5.02 Å². The number of hydrogen-bond donors (Lipinski definition) is 2. The first-order valence-electron chi connectivity index (χ1n) is 6.05. The van der Waals surface area contributed by atoms with Gasteiger partial charge in [-0.25, -0.2) is 4.39 Å². The Balaban J connectivity index is 2.00. The molecule has 2 N–H and O–H groups in total. The summed E-state index contributed by atoms with van der Waals surface area (Å²) in [6, 6.07) is 4.58. The van der Waals surface area contributed by atoms with Gasteiger partial charge in [0.25, 0.3) is 5.91 Å². The molecule has 1 aromatic carbocycles. The average molecular weight is 271 g/mol. The van der Waals surface area contributed by atoms with Crippen molar-refractivity contribution < 1.29 is 9.18 Å². The fraction of sp³-hybridized carbons (Fsp3) is 0.462. The number of carbonyl (C=O) groups is 1. The van der Waals surface area contributed by atoms with Crippen LogP contribution in [-0.2, 0) is 0 Å². The van der Waals surface area contributed by atoms with Gasteiger partial charge in [-0.05, 0) is 44.5 Å². The summed E-state index contributed by atoms with van der Waals surface area (Å²) < 4.78 is 13.0. The molecule has 1 aromatic rings. The molecule has 0 aliphatic carbocycles. The van der Waals surface area contributed by atoms with E-state index in [0.29, 0.717) is 11.6 Å². The van der Waals surface area contributed by atoms with Crippen molar-refractivity contribution in [3.05, 3.63) is 34.6 Å². The predicted molar refractivity (Wildman–Crippen MR) is 69.4 cm³/mol. The highest BCUT2D eigenvalue weighted by atomic mass is 35.5. The van der Waals surface area contributed by atoms with Crippen molar-refractivity contribution in [3.8, 4) is 0 Å². The minimum absolute atomic E-state index is 0.0265. The molecule has 2 unspecified atom stereocenters. The molecule has 1 fully saturated rings. The second-order valence-corrected chi connectivity index (χ2v) is 5.09. The number of nitrogens with one attached hydrogen (secondary N) is 2. The molecule has 1 aliphatic rings. The normalized spacial score (nSPS) is 23.7. The number of carbonyl (C=O) groups excluding carboxylic acids is 1. The monoisotopic (exact) mass is 270 g/mol. The lowest BCUT2D eigenvalue weighted by Gasteiger charge is -2.28. The summed E-state index contributed by atoms with van der Waals surface area (Å²) in [4.78, 5) is 12.0. The van der Waals surface area contributed by atoms with Gasteiger partial charge in [-0.2, -0.15) is 0 Å². The Bertz CT molecular complexity index is 453. The zero-order valence-electron chi connectivity index (χ0n) is 10.2.